The first-order chi connectivity index (χ1) is 16.9. The van der Waals surface area contributed by atoms with Gasteiger partial charge in [0.25, 0.3) is 5.56 Å². The zero-order chi connectivity index (χ0) is 27.4. The molecule has 36 heavy (non-hydrogen) atoms. The molecule has 0 saturated heterocycles. The molecule has 0 atom stereocenters. The van der Waals surface area contributed by atoms with E-state index < -0.39 is 17.4 Å². The Morgan fingerprint density at radius 1 is 1.06 bits per heavy atom. The van der Waals surface area contributed by atoms with Crippen molar-refractivity contribution in [2.75, 3.05) is 24.7 Å². The first-order valence-corrected chi connectivity index (χ1v) is 11.0. The van der Waals surface area contributed by atoms with Gasteiger partial charge in [-0.15, -0.1) is 0 Å². The third kappa shape index (κ3) is 8.68. The summed E-state index contributed by atoms with van der Waals surface area (Å²) in [6.45, 7) is 12.1. The SMILES string of the molecule is C=C(C)C(=O)OCCCn1c(O)c(C#N)c(C)c(N)c1=O.C=C(C)C(=O)OCCc1ccc(N)cc1. The molecule has 0 aliphatic carbocycles. The van der Waals surface area contributed by atoms with Gasteiger partial charge in [-0.3, -0.25) is 9.36 Å². The van der Waals surface area contributed by atoms with Crippen LogP contribution in [0.4, 0.5) is 11.4 Å². The number of aromatic nitrogens is 1. The fourth-order valence-electron chi connectivity index (χ4n) is 2.76. The largest absolute Gasteiger partial charge is 0.493 e. The van der Waals surface area contributed by atoms with E-state index in [4.69, 9.17) is 26.2 Å². The first kappa shape index (κ1) is 29.5. The molecule has 2 aromatic rings. The van der Waals surface area contributed by atoms with Crippen LogP contribution in [-0.4, -0.2) is 34.8 Å². The van der Waals surface area contributed by atoms with Gasteiger partial charge in [-0.25, -0.2) is 9.59 Å². The van der Waals surface area contributed by atoms with Crippen LogP contribution in [0.1, 0.15) is 37.0 Å². The summed E-state index contributed by atoms with van der Waals surface area (Å²) < 4.78 is 10.8. The molecule has 1 aromatic heterocycles. The van der Waals surface area contributed by atoms with E-state index >= 15 is 0 Å². The normalized spacial score (nSPS) is 9.83. The summed E-state index contributed by atoms with van der Waals surface area (Å²) in [5.41, 5.74) is 13.3. The quantitative estimate of drug-likeness (QED) is 0.204. The van der Waals surface area contributed by atoms with Crippen molar-refractivity contribution in [3.05, 3.63) is 75.6 Å². The molecule has 0 saturated carbocycles. The number of nitriles is 1. The lowest BCUT2D eigenvalue weighted by molar-refractivity contribution is -0.139. The van der Waals surface area contributed by atoms with Crippen molar-refractivity contribution in [3.63, 3.8) is 0 Å². The number of pyridine rings is 1. The van der Waals surface area contributed by atoms with Crippen LogP contribution in [0.5, 0.6) is 5.88 Å². The summed E-state index contributed by atoms with van der Waals surface area (Å²) in [7, 11) is 0. The van der Waals surface area contributed by atoms with Crippen LogP contribution in [0.25, 0.3) is 0 Å². The number of aromatic hydroxyl groups is 1. The number of ether oxygens (including phenoxy) is 2. The summed E-state index contributed by atoms with van der Waals surface area (Å²) >= 11 is 0. The third-order valence-electron chi connectivity index (χ3n) is 4.91. The number of carbonyl (C=O) groups excluding carboxylic acids is 2. The molecule has 1 heterocycles. The lowest BCUT2D eigenvalue weighted by Crippen LogP contribution is -2.26. The molecule has 0 radical (unpaired) electrons. The average Bonchev–Trinajstić information content (AvgIpc) is 2.83. The Bertz CT molecular complexity index is 1220. The van der Waals surface area contributed by atoms with Gasteiger partial charge in [0.05, 0.1) is 13.2 Å². The number of rotatable bonds is 9. The average molecular weight is 497 g/mol. The fraction of sp³-hybridized carbons (Fsp3) is 0.308. The Morgan fingerprint density at radius 2 is 1.58 bits per heavy atom. The summed E-state index contributed by atoms with van der Waals surface area (Å²) in [5, 5.41) is 18.9. The fourth-order valence-corrected chi connectivity index (χ4v) is 2.76. The molecule has 0 bridgehead atoms. The maximum Gasteiger partial charge on any atom is 0.333 e. The van der Waals surface area contributed by atoms with Gasteiger partial charge in [0, 0.05) is 35.4 Å². The summed E-state index contributed by atoms with van der Waals surface area (Å²) in [6.07, 6.45) is 0.985. The molecule has 192 valence electrons. The van der Waals surface area contributed by atoms with Crippen LogP contribution in [-0.2, 0) is 32.0 Å². The lowest BCUT2D eigenvalue weighted by Gasteiger charge is -2.13. The van der Waals surface area contributed by atoms with E-state index in [-0.39, 0.29) is 41.5 Å². The number of carbonyl (C=O) groups is 2. The van der Waals surface area contributed by atoms with Crippen molar-refractivity contribution in [1.82, 2.24) is 4.57 Å². The van der Waals surface area contributed by atoms with Gasteiger partial charge in [-0.2, -0.15) is 5.26 Å². The maximum absolute atomic E-state index is 12.0. The summed E-state index contributed by atoms with van der Waals surface area (Å²) in [5.74, 6) is -1.29. The Morgan fingerprint density at radius 3 is 2.08 bits per heavy atom. The predicted molar refractivity (Wildman–Crippen MR) is 137 cm³/mol. The molecule has 0 aliphatic rings. The molecule has 5 N–H and O–H groups in total. The first-order valence-electron chi connectivity index (χ1n) is 11.0. The van der Waals surface area contributed by atoms with Crippen LogP contribution in [0.2, 0.25) is 0 Å². The van der Waals surface area contributed by atoms with Crippen molar-refractivity contribution in [2.45, 2.75) is 40.2 Å². The highest BCUT2D eigenvalue weighted by Crippen LogP contribution is 2.21. The van der Waals surface area contributed by atoms with Gasteiger partial charge in [0.2, 0.25) is 5.88 Å². The minimum Gasteiger partial charge on any atom is -0.493 e. The zero-order valence-electron chi connectivity index (χ0n) is 20.8. The number of nitrogens with two attached hydrogens (primary N) is 2. The standard InChI is InChI=1S/C14H17N3O4.C12H15NO2/c1-8(2)14(20)21-6-4-5-17-12(18)10(7-15)9(3)11(16)13(17)19;1-9(2)12(14)15-8-7-10-3-5-11(13)6-4-10/h18H,1,4-6,16H2,2-3H3;3-6H,1,7-8,13H2,2H3. The highest BCUT2D eigenvalue weighted by atomic mass is 16.5. The van der Waals surface area contributed by atoms with Crippen LogP contribution < -0.4 is 17.0 Å². The number of anilines is 2. The van der Waals surface area contributed by atoms with E-state index in [1.807, 2.05) is 30.3 Å². The Kier molecular flexibility index (Phi) is 11.5. The molecule has 10 nitrogen and oxygen atoms in total. The van der Waals surface area contributed by atoms with Gasteiger partial charge in [0.1, 0.15) is 17.3 Å². The predicted octanol–water partition coefficient (Wildman–Crippen LogP) is 2.76. The van der Waals surface area contributed by atoms with E-state index in [9.17, 15) is 19.5 Å². The molecule has 0 fully saturated rings. The van der Waals surface area contributed by atoms with Crippen molar-refractivity contribution in [3.8, 4) is 11.9 Å². The van der Waals surface area contributed by atoms with E-state index in [0.29, 0.717) is 25.0 Å². The Labute approximate surface area is 210 Å². The van der Waals surface area contributed by atoms with E-state index in [2.05, 4.69) is 13.2 Å². The second-order valence-electron chi connectivity index (χ2n) is 7.98. The summed E-state index contributed by atoms with van der Waals surface area (Å²) in [6, 6.07) is 9.31. The maximum atomic E-state index is 12.0. The van der Waals surface area contributed by atoms with E-state index in [0.717, 1.165) is 15.8 Å². The Hall–Kier alpha value is -4.52. The zero-order valence-corrected chi connectivity index (χ0v) is 20.8. The van der Waals surface area contributed by atoms with Gasteiger partial charge in [0.15, 0.2) is 0 Å². The molecular formula is C26H32N4O6. The van der Waals surface area contributed by atoms with Gasteiger partial charge in [-0.05, 0) is 44.9 Å². The topological polar surface area (TPSA) is 171 Å². The number of nitrogens with zero attached hydrogens (tertiary/aromatic N) is 2. The number of hydrogen-bond acceptors (Lipinski definition) is 9. The molecule has 0 aliphatic heterocycles. The van der Waals surface area contributed by atoms with Crippen LogP contribution >= 0.6 is 0 Å². The number of esters is 2. The molecular weight excluding hydrogens is 464 g/mol. The monoisotopic (exact) mass is 496 g/mol. The van der Waals surface area contributed by atoms with Crippen molar-refractivity contribution >= 4 is 23.3 Å². The third-order valence-corrected chi connectivity index (χ3v) is 4.91. The number of nitrogen functional groups attached to an aromatic ring is 2. The van der Waals surface area contributed by atoms with Crippen molar-refractivity contribution in [2.24, 2.45) is 0 Å². The molecule has 0 amide bonds. The molecule has 0 spiro atoms. The van der Waals surface area contributed by atoms with Crippen molar-refractivity contribution < 1.29 is 24.2 Å². The minimum atomic E-state index is -0.574. The number of hydrogen-bond donors (Lipinski definition) is 3. The second-order valence-corrected chi connectivity index (χ2v) is 7.98. The van der Waals surface area contributed by atoms with Gasteiger partial charge in [-0.1, -0.05) is 25.3 Å². The molecule has 10 heteroatoms. The summed E-state index contributed by atoms with van der Waals surface area (Å²) in [4.78, 5) is 34.2. The van der Waals surface area contributed by atoms with Gasteiger partial charge < -0.3 is 26.0 Å². The highest BCUT2D eigenvalue weighted by Gasteiger charge is 2.17. The van der Waals surface area contributed by atoms with E-state index in [1.165, 1.54) is 13.8 Å². The Balaban J connectivity index is 0.000000381. The molecule has 1 aromatic carbocycles. The number of benzene rings is 1. The van der Waals surface area contributed by atoms with Crippen molar-refractivity contribution in [1.29, 1.82) is 5.26 Å². The van der Waals surface area contributed by atoms with Crippen LogP contribution in [0.3, 0.4) is 0 Å². The second kappa shape index (κ2) is 14.0. The lowest BCUT2D eigenvalue weighted by atomic mass is 10.1. The van der Waals surface area contributed by atoms with Crippen LogP contribution in [0.15, 0.2) is 53.4 Å². The molecule has 2 rings (SSSR count). The minimum absolute atomic E-state index is 0.0361. The highest BCUT2D eigenvalue weighted by molar-refractivity contribution is 5.87. The van der Waals surface area contributed by atoms with E-state index in [1.54, 1.807) is 6.92 Å². The van der Waals surface area contributed by atoms with Gasteiger partial charge >= 0.3 is 11.9 Å². The van der Waals surface area contributed by atoms with Crippen LogP contribution in [0, 0.1) is 18.3 Å². The smallest absolute Gasteiger partial charge is 0.333 e. The molecule has 0 unspecified atom stereocenters.